The first-order valence-electron chi connectivity index (χ1n) is 7.83. The van der Waals surface area contributed by atoms with Gasteiger partial charge in [0.2, 0.25) is 11.9 Å². The van der Waals surface area contributed by atoms with Crippen LogP contribution in [0.5, 0.6) is 0 Å². The Morgan fingerprint density at radius 3 is 2.79 bits per heavy atom. The number of hydrogen-bond acceptors (Lipinski definition) is 5. The fraction of sp³-hybridized carbons (Fsp3) is 0.353. The zero-order valence-corrected chi connectivity index (χ0v) is 13.7. The second kappa shape index (κ2) is 6.82. The molecule has 7 heteroatoms. The van der Waals surface area contributed by atoms with Gasteiger partial charge in [0.15, 0.2) is 11.6 Å². The summed E-state index contributed by atoms with van der Waals surface area (Å²) in [6.45, 7) is 1.21. The van der Waals surface area contributed by atoms with E-state index in [2.05, 4.69) is 15.3 Å². The lowest BCUT2D eigenvalue weighted by molar-refractivity contribution is -0.117. The van der Waals surface area contributed by atoms with Crippen LogP contribution in [0.3, 0.4) is 0 Å². The Morgan fingerprint density at radius 1 is 1.33 bits per heavy atom. The van der Waals surface area contributed by atoms with E-state index in [0.29, 0.717) is 25.5 Å². The number of halogens is 1. The summed E-state index contributed by atoms with van der Waals surface area (Å²) in [5, 5.41) is 3.11. The number of hydrogen-bond donors (Lipinski definition) is 1. The first kappa shape index (κ1) is 16.2. The van der Waals surface area contributed by atoms with Gasteiger partial charge in [-0.2, -0.15) is 4.98 Å². The van der Waals surface area contributed by atoms with Crippen LogP contribution < -0.4 is 15.1 Å². The van der Waals surface area contributed by atoms with Crippen LogP contribution in [0.2, 0.25) is 0 Å². The fourth-order valence-electron chi connectivity index (χ4n) is 2.77. The topological polar surface area (TPSA) is 61.4 Å². The molecule has 3 rings (SSSR count). The molecule has 1 aliphatic rings. The van der Waals surface area contributed by atoms with E-state index in [1.807, 2.05) is 30.3 Å². The molecule has 0 spiro atoms. The number of benzene rings is 1. The van der Waals surface area contributed by atoms with Gasteiger partial charge in [0.1, 0.15) is 0 Å². The molecule has 0 saturated carbocycles. The minimum Gasteiger partial charge on any atom is -0.360 e. The maximum Gasteiger partial charge on any atom is 0.227 e. The highest BCUT2D eigenvalue weighted by atomic mass is 19.1. The summed E-state index contributed by atoms with van der Waals surface area (Å²) < 4.78 is 13.6. The van der Waals surface area contributed by atoms with Gasteiger partial charge in [-0.05, 0) is 12.1 Å². The van der Waals surface area contributed by atoms with Crippen LogP contribution >= 0.6 is 0 Å². The van der Waals surface area contributed by atoms with Crippen molar-refractivity contribution in [3.8, 4) is 0 Å². The molecule has 1 fully saturated rings. The second-order valence-electron chi connectivity index (χ2n) is 6.05. The zero-order valence-electron chi connectivity index (χ0n) is 13.7. The maximum atomic E-state index is 13.6. The van der Waals surface area contributed by atoms with Gasteiger partial charge >= 0.3 is 0 Å². The molecule has 1 aromatic heterocycles. The fourth-order valence-corrected chi connectivity index (χ4v) is 2.77. The van der Waals surface area contributed by atoms with Crippen LogP contribution in [-0.2, 0) is 4.79 Å². The van der Waals surface area contributed by atoms with Crippen molar-refractivity contribution in [3.63, 3.8) is 0 Å². The van der Waals surface area contributed by atoms with Gasteiger partial charge in [-0.1, -0.05) is 18.2 Å². The van der Waals surface area contributed by atoms with Crippen molar-refractivity contribution in [1.82, 2.24) is 9.97 Å². The van der Waals surface area contributed by atoms with E-state index in [9.17, 15) is 9.18 Å². The third kappa shape index (κ3) is 3.45. The van der Waals surface area contributed by atoms with E-state index < -0.39 is 5.82 Å². The summed E-state index contributed by atoms with van der Waals surface area (Å²) in [7, 11) is 3.45. The average molecular weight is 329 g/mol. The van der Waals surface area contributed by atoms with E-state index in [4.69, 9.17) is 0 Å². The minimum absolute atomic E-state index is 0.113. The van der Waals surface area contributed by atoms with Gasteiger partial charge in [-0.3, -0.25) is 4.79 Å². The zero-order chi connectivity index (χ0) is 17.1. The average Bonchev–Trinajstić information content (AvgIpc) is 2.95. The smallest absolute Gasteiger partial charge is 0.227 e. The highest BCUT2D eigenvalue weighted by Gasteiger charge is 2.30. The Morgan fingerprint density at radius 2 is 2.08 bits per heavy atom. The van der Waals surface area contributed by atoms with E-state index in [-0.39, 0.29) is 17.6 Å². The number of para-hydroxylation sites is 1. The van der Waals surface area contributed by atoms with Crippen molar-refractivity contribution < 1.29 is 9.18 Å². The summed E-state index contributed by atoms with van der Waals surface area (Å²) in [6, 6.07) is 9.63. The lowest BCUT2D eigenvalue weighted by Crippen LogP contribution is -2.25. The lowest BCUT2D eigenvalue weighted by Gasteiger charge is -2.17. The van der Waals surface area contributed by atoms with E-state index in [1.165, 1.54) is 0 Å². The van der Waals surface area contributed by atoms with Crippen LogP contribution in [0.25, 0.3) is 0 Å². The van der Waals surface area contributed by atoms with Crippen LogP contribution in [0.1, 0.15) is 6.42 Å². The van der Waals surface area contributed by atoms with Crippen molar-refractivity contribution in [2.45, 2.75) is 6.42 Å². The molecule has 1 unspecified atom stereocenters. The molecule has 2 aromatic rings. The number of anilines is 3. The van der Waals surface area contributed by atoms with Gasteiger partial charge in [-0.15, -0.1) is 0 Å². The number of nitrogens with one attached hydrogen (secondary N) is 1. The van der Waals surface area contributed by atoms with Crippen molar-refractivity contribution in [2.75, 3.05) is 42.3 Å². The molecule has 126 valence electrons. The van der Waals surface area contributed by atoms with E-state index >= 15 is 0 Å². The molecule has 2 heterocycles. The maximum absolute atomic E-state index is 13.6. The molecule has 1 saturated heterocycles. The standard InChI is InChI=1S/C17H20FN5O/c1-22(2)16-14(18)10-20-17(21-16)19-9-12-8-15(24)23(11-12)13-6-4-3-5-7-13/h3-7,10,12H,8-9,11H2,1-2H3,(H,19,20,21). The van der Waals surface area contributed by atoms with Crippen LogP contribution in [0.4, 0.5) is 21.8 Å². The SMILES string of the molecule is CN(C)c1nc(NCC2CC(=O)N(c3ccccc3)C2)ncc1F. The van der Waals surface area contributed by atoms with Gasteiger partial charge in [0, 0.05) is 45.2 Å². The first-order chi connectivity index (χ1) is 11.5. The summed E-state index contributed by atoms with van der Waals surface area (Å²) in [5.74, 6) is 0.416. The predicted molar refractivity (Wildman–Crippen MR) is 91.7 cm³/mol. The lowest BCUT2D eigenvalue weighted by atomic mass is 10.1. The molecule has 1 aliphatic heterocycles. The molecule has 0 bridgehead atoms. The molecule has 1 atom stereocenters. The third-order valence-corrected chi connectivity index (χ3v) is 3.97. The van der Waals surface area contributed by atoms with Crippen molar-refractivity contribution >= 4 is 23.4 Å². The van der Waals surface area contributed by atoms with Gasteiger partial charge in [0.25, 0.3) is 0 Å². The summed E-state index contributed by atoms with van der Waals surface area (Å²) >= 11 is 0. The van der Waals surface area contributed by atoms with Crippen molar-refractivity contribution in [3.05, 3.63) is 42.3 Å². The Bertz CT molecular complexity index is 722. The molecule has 0 radical (unpaired) electrons. The summed E-state index contributed by atoms with van der Waals surface area (Å²) in [6.07, 6.45) is 1.63. The monoisotopic (exact) mass is 329 g/mol. The number of aromatic nitrogens is 2. The van der Waals surface area contributed by atoms with Crippen molar-refractivity contribution in [2.24, 2.45) is 5.92 Å². The minimum atomic E-state index is -0.461. The van der Waals surface area contributed by atoms with E-state index in [0.717, 1.165) is 11.9 Å². The molecule has 24 heavy (non-hydrogen) atoms. The largest absolute Gasteiger partial charge is 0.360 e. The van der Waals surface area contributed by atoms with Crippen LogP contribution in [0, 0.1) is 11.7 Å². The Balaban J connectivity index is 1.62. The van der Waals surface area contributed by atoms with Crippen LogP contribution in [0.15, 0.2) is 36.5 Å². The second-order valence-corrected chi connectivity index (χ2v) is 6.05. The molecule has 1 N–H and O–H groups in total. The number of rotatable bonds is 5. The highest BCUT2D eigenvalue weighted by Crippen LogP contribution is 2.25. The number of amides is 1. The number of nitrogens with zero attached hydrogens (tertiary/aromatic N) is 4. The van der Waals surface area contributed by atoms with Gasteiger partial charge < -0.3 is 15.1 Å². The highest BCUT2D eigenvalue weighted by molar-refractivity contribution is 5.95. The molecule has 0 aliphatic carbocycles. The number of carbonyl (C=O) groups is 1. The first-order valence-corrected chi connectivity index (χ1v) is 7.83. The third-order valence-electron chi connectivity index (χ3n) is 3.97. The normalized spacial score (nSPS) is 17.2. The van der Waals surface area contributed by atoms with Gasteiger partial charge in [0.05, 0.1) is 6.20 Å². The quantitative estimate of drug-likeness (QED) is 0.911. The predicted octanol–water partition coefficient (Wildman–Crippen LogP) is 2.15. The summed E-state index contributed by atoms with van der Waals surface area (Å²) in [5.41, 5.74) is 0.915. The molecular weight excluding hydrogens is 309 g/mol. The van der Waals surface area contributed by atoms with E-state index in [1.54, 1.807) is 23.9 Å². The van der Waals surface area contributed by atoms with Gasteiger partial charge in [-0.25, -0.2) is 9.37 Å². The Kier molecular flexibility index (Phi) is 4.59. The Labute approximate surface area is 140 Å². The molecule has 1 aromatic carbocycles. The number of carbonyl (C=O) groups excluding carboxylic acids is 1. The molecular formula is C17H20FN5O. The molecule has 1 amide bonds. The van der Waals surface area contributed by atoms with Crippen molar-refractivity contribution in [1.29, 1.82) is 0 Å². The summed E-state index contributed by atoms with van der Waals surface area (Å²) in [4.78, 5) is 23.7. The molecule has 6 nitrogen and oxygen atoms in total. The van der Waals surface area contributed by atoms with Crippen LogP contribution in [-0.4, -0.2) is 43.1 Å². The Hall–Kier alpha value is -2.70.